The van der Waals surface area contributed by atoms with Crippen LogP contribution in [0.25, 0.3) is 5.69 Å². The molecule has 0 saturated carbocycles. The molecule has 0 unspecified atom stereocenters. The van der Waals surface area contributed by atoms with Crippen LogP contribution >= 0.6 is 0 Å². The van der Waals surface area contributed by atoms with Gasteiger partial charge in [-0.3, -0.25) is 9.59 Å². The summed E-state index contributed by atoms with van der Waals surface area (Å²) in [6.45, 7) is 2.70. The van der Waals surface area contributed by atoms with Gasteiger partial charge in [0.05, 0.1) is 17.6 Å². The Morgan fingerprint density at radius 2 is 1.76 bits per heavy atom. The number of unbranched alkanes of at least 4 members (excludes halogenated alkanes) is 1. The van der Waals surface area contributed by atoms with E-state index in [0.717, 1.165) is 29.8 Å². The number of fused-ring (bicyclic) bond motifs is 3. The molecule has 7 heteroatoms. The van der Waals surface area contributed by atoms with Crippen LogP contribution in [-0.2, 0) is 10.5 Å². The van der Waals surface area contributed by atoms with E-state index in [4.69, 9.17) is 0 Å². The van der Waals surface area contributed by atoms with E-state index in [-0.39, 0.29) is 11.8 Å². The fraction of sp³-hybridized carbons (Fsp3) is 0.227. The predicted octanol–water partition coefficient (Wildman–Crippen LogP) is 3.03. The quantitative estimate of drug-likeness (QED) is 0.721. The molecular weight excluding hydrogens is 366 g/mol. The van der Waals surface area contributed by atoms with Gasteiger partial charge in [0.15, 0.2) is 0 Å². The van der Waals surface area contributed by atoms with E-state index in [1.54, 1.807) is 9.58 Å². The Morgan fingerprint density at radius 1 is 1.00 bits per heavy atom. The fourth-order valence-electron chi connectivity index (χ4n) is 4.08. The maximum Gasteiger partial charge on any atom is 0.278 e. The Hall–Kier alpha value is -3.61. The van der Waals surface area contributed by atoms with Crippen molar-refractivity contribution in [1.29, 1.82) is 0 Å². The van der Waals surface area contributed by atoms with Gasteiger partial charge in [-0.1, -0.05) is 49.7 Å². The lowest BCUT2D eigenvalue weighted by atomic mass is 9.97. The Bertz CT molecular complexity index is 1110. The van der Waals surface area contributed by atoms with Crippen LogP contribution in [0.15, 0.2) is 60.8 Å². The summed E-state index contributed by atoms with van der Waals surface area (Å²) in [5.74, 6) is 0.0221. The maximum absolute atomic E-state index is 13.6. The molecule has 1 spiro atoms. The van der Waals surface area contributed by atoms with Crippen molar-refractivity contribution in [2.45, 2.75) is 25.4 Å². The smallest absolute Gasteiger partial charge is 0.278 e. The summed E-state index contributed by atoms with van der Waals surface area (Å²) < 4.78 is 1.67. The van der Waals surface area contributed by atoms with Gasteiger partial charge < -0.3 is 15.5 Å². The van der Waals surface area contributed by atoms with Crippen LogP contribution in [0.2, 0.25) is 0 Å². The van der Waals surface area contributed by atoms with Crippen LogP contribution in [0.1, 0.15) is 35.7 Å². The number of benzene rings is 2. The number of aromatic nitrogens is 2. The van der Waals surface area contributed by atoms with Crippen LogP contribution in [-0.4, -0.2) is 28.1 Å². The first kappa shape index (κ1) is 17.5. The van der Waals surface area contributed by atoms with E-state index in [9.17, 15) is 9.59 Å². The number of hydrogen-bond donors (Lipinski definition) is 2. The molecule has 0 saturated heterocycles. The second-order valence-electron chi connectivity index (χ2n) is 7.31. The second kappa shape index (κ2) is 6.48. The summed E-state index contributed by atoms with van der Waals surface area (Å²) in [7, 11) is 0. The van der Waals surface area contributed by atoms with Crippen molar-refractivity contribution in [3.05, 3.63) is 71.9 Å². The van der Waals surface area contributed by atoms with Gasteiger partial charge in [-0.25, -0.2) is 4.68 Å². The van der Waals surface area contributed by atoms with Gasteiger partial charge in [0.2, 0.25) is 5.66 Å². The van der Waals surface area contributed by atoms with E-state index >= 15 is 0 Å². The second-order valence-corrected chi connectivity index (χ2v) is 7.31. The molecule has 2 aromatic carbocycles. The molecule has 3 aromatic rings. The molecule has 0 radical (unpaired) electrons. The molecule has 0 aliphatic carbocycles. The largest absolute Gasteiger partial charge is 0.335 e. The number of carbonyl (C=O) groups excluding carboxylic acids is 2. The topological polar surface area (TPSA) is 79.3 Å². The van der Waals surface area contributed by atoms with Gasteiger partial charge in [0, 0.05) is 12.1 Å². The van der Waals surface area contributed by atoms with E-state index < -0.39 is 5.66 Å². The monoisotopic (exact) mass is 387 g/mol. The van der Waals surface area contributed by atoms with E-state index in [2.05, 4.69) is 22.7 Å². The third-order valence-corrected chi connectivity index (χ3v) is 5.52. The van der Waals surface area contributed by atoms with Gasteiger partial charge in [0.1, 0.15) is 11.4 Å². The van der Waals surface area contributed by atoms with Crippen molar-refractivity contribution >= 4 is 23.3 Å². The summed E-state index contributed by atoms with van der Waals surface area (Å²) in [5.41, 5.74) is 1.47. The van der Waals surface area contributed by atoms with E-state index in [0.29, 0.717) is 17.9 Å². The standard InChI is InChI=1S/C22H21N5O2/c1-2-3-13-26-18-12-8-7-11-17(18)22(21(26)29)24-19-16(20(28)25-22)14-23-27(19)15-9-5-4-6-10-15/h4-12,14,24H,2-3,13H2,1H3,(H,25,28)/t22-/m0/s1. The summed E-state index contributed by atoms with van der Waals surface area (Å²) >= 11 is 0. The molecule has 1 aromatic heterocycles. The summed E-state index contributed by atoms with van der Waals surface area (Å²) in [5, 5.41) is 10.7. The molecule has 1 atom stereocenters. The van der Waals surface area contributed by atoms with Crippen molar-refractivity contribution in [1.82, 2.24) is 15.1 Å². The zero-order chi connectivity index (χ0) is 20.0. The van der Waals surface area contributed by atoms with Crippen molar-refractivity contribution in [2.24, 2.45) is 0 Å². The highest BCUT2D eigenvalue weighted by Gasteiger charge is 2.55. The minimum absolute atomic E-state index is 0.174. The van der Waals surface area contributed by atoms with Crippen LogP contribution < -0.4 is 15.5 Å². The lowest BCUT2D eigenvalue weighted by molar-refractivity contribution is -0.123. The minimum atomic E-state index is -1.33. The van der Waals surface area contributed by atoms with Crippen molar-refractivity contribution in [3.63, 3.8) is 0 Å². The average Bonchev–Trinajstić information content (AvgIpc) is 3.27. The van der Waals surface area contributed by atoms with Gasteiger partial charge in [-0.05, 0) is 24.6 Å². The van der Waals surface area contributed by atoms with Crippen molar-refractivity contribution < 1.29 is 9.59 Å². The van der Waals surface area contributed by atoms with Gasteiger partial charge in [0.25, 0.3) is 11.8 Å². The third kappa shape index (κ3) is 2.47. The molecule has 29 heavy (non-hydrogen) atoms. The lowest BCUT2D eigenvalue weighted by Gasteiger charge is -2.35. The van der Waals surface area contributed by atoms with Crippen LogP contribution in [0, 0.1) is 0 Å². The van der Waals surface area contributed by atoms with Gasteiger partial charge in [-0.15, -0.1) is 0 Å². The number of amides is 2. The first-order chi connectivity index (χ1) is 14.2. The van der Waals surface area contributed by atoms with Gasteiger partial charge >= 0.3 is 0 Å². The number of anilines is 2. The van der Waals surface area contributed by atoms with Crippen LogP contribution in [0.3, 0.4) is 0 Å². The predicted molar refractivity (Wildman–Crippen MR) is 110 cm³/mol. The van der Waals surface area contributed by atoms with E-state index in [1.165, 1.54) is 6.20 Å². The Kier molecular flexibility index (Phi) is 3.91. The average molecular weight is 387 g/mol. The van der Waals surface area contributed by atoms with Gasteiger partial charge in [-0.2, -0.15) is 5.10 Å². The molecular formula is C22H21N5O2. The number of nitrogens with zero attached hydrogens (tertiary/aromatic N) is 3. The molecule has 5 rings (SSSR count). The molecule has 0 fully saturated rings. The number of hydrogen-bond acceptors (Lipinski definition) is 4. The Labute approximate surface area is 168 Å². The fourth-order valence-corrected chi connectivity index (χ4v) is 4.08. The number of rotatable bonds is 4. The summed E-state index contributed by atoms with van der Waals surface area (Å²) in [6, 6.07) is 17.2. The first-order valence-electron chi connectivity index (χ1n) is 9.81. The summed E-state index contributed by atoms with van der Waals surface area (Å²) in [4.78, 5) is 28.3. The molecule has 3 heterocycles. The zero-order valence-electron chi connectivity index (χ0n) is 16.1. The normalized spacial score (nSPS) is 19.7. The molecule has 2 N–H and O–H groups in total. The lowest BCUT2D eigenvalue weighted by Crippen LogP contribution is -2.60. The van der Waals surface area contributed by atoms with Crippen molar-refractivity contribution in [2.75, 3.05) is 16.8 Å². The number of para-hydroxylation sites is 2. The molecule has 2 aliphatic heterocycles. The summed E-state index contributed by atoms with van der Waals surface area (Å²) in [6.07, 6.45) is 3.39. The zero-order valence-corrected chi connectivity index (χ0v) is 16.1. The third-order valence-electron chi connectivity index (χ3n) is 5.52. The molecule has 2 amide bonds. The van der Waals surface area contributed by atoms with Crippen LogP contribution in [0.5, 0.6) is 0 Å². The van der Waals surface area contributed by atoms with E-state index in [1.807, 2.05) is 54.6 Å². The number of carbonyl (C=O) groups is 2. The first-order valence-corrected chi connectivity index (χ1v) is 9.81. The van der Waals surface area contributed by atoms with Crippen molar-refractivity contribution in [3.8, 4) is 5.69 Å². The maximum atomic E-state index is 13.6. The number of nitrogens with one attached hydrogen (secondary N) is 2. The van der Waals surface area contributed by atoms with Crippen LogP contribution in [0.4, 0.5) is 11.5 Å². The SMILES string of the molecule is CCCCN1C(=O)[C@@]2(NC(=O)c3cnn(-c4ccccc4)c3N2)c2ccccc21. The Balaban J connectivity index is 1.64. The highest BCUT2D eigenvalue weighted by atomic mass is 16.2. The minimum Gasteiger partial charge on any atom is -0.335 e. The Morgan fingerprint density at radius 3 is 2.55 bits per heavy atom. The highest BCUT2D eigenvalue weighted by molar-refractivity contribution is 6.15. The molecule has 146 valence electrons. The molecule has 0 bridgehead atoms. The highest BCUT2D eigenvalue weighted by Crippen LogP contribution is 2.43. The molecule has 2 aliphatic rings. The molecule has 7 nitrogen and oxygen atoms in total.